The van der Waals surface area contributed by atoms with Crippen LogP contribution in [0.2, 0.25) is 0 Å². The molecule has 33 heavy (non-hydrogen) atoms. The van der Waals surface area contributed by atoms with Gasteiger partial charge in [-0.25, -0.2) is 5.06 Å². The Bertz CT molecular complexity index is 986. The molecule has 4 N–H and O–H groups in total. The number of rotatable bonds is 8. The number of anilines is 1. The molecule has 0 saturated carbocycles. The lowest BCUT2D eigenvalue weighted by Crippen LogP contribution is -2.51. The zero-order chi connectivity index (χ0) is 24.2. The fourth-order valence-corrected chi connectivity index (χ4v) is 3.81. The number of nitrogens with two attached hydrogens (primary N) is 1. The van der Waals surface area contributed by atoms with Crippen molar-refractivity contribution in [3.8, 4) is 11.1 Å². The van der Waals surface area contributed by atoms with Crippen LogP contribution in [0.1, 0.15) is 27.2 Å². The number of aliphatic hydroxyl groups excluding tert-OH is 1. The standard InChI is InChI=1S/C25H32N4O4/c1-25(2,3)22(16-30)29(33)23(31)15-21(24(26)32)28-14-13-27(17-28)20-11-9-19(10-12-20)18-7-5-4-6-8-18/h4-14,21-22,30,33H,15-17H2,1-3H3,(H2,26,32)/t21-,22-/m1/s1. The van der Waals surface area contributed by atoms with E-state index in [1.54, 1.807) is 31.9 Å². The number of hydroxylamine groups is 2. The van der Waals surface area contributed by atoms with Crippen molar-refractivity contribution >= 4 is 17.5 Å². The van der Waals surface area contributed by atoms with Crippen LogP contribution in [-0.4, -0.2) is 57.5 Å². The van der Waals surface area contributed by atoms with E-state index in [2.05, 4.69) is 0 Å². The first kappa shape index (κ1) is 24.3. The maximum atomic E-state index is 12.7. The van der Waals surface area contributed by atoms with Crippen LogP contribution < -0.4 is 10.6 Å². The first-order valence-electron chi connectivity index (χ1n) is 10.9. The summed E-state index contributed by atoms with van der Waals surface area (Å²) in [5.74, 6) is -1.34. The first-order chi connectivity index (χ1) is 15.6. The van der Waals surface area contributed by atoms with Gasteiger partial charge < -0.3 is 20.6 Å². The largest absolute Gasteiger partial charge is 0.394 e. The van der Waals surface area contributed by atoms with Gasteiger partial charge in [0.25, 0.3) is 0 Å². The Hall–Kier alpha value is -3.36. The van der Waals surface area contributed by atoms with Crippen LogP contribution in [0.5, 0.6) is 0 Å². The van der Waals surface area contributed by atoms with Crippen LogP contribution in [-0.2, 0) is 9.59 Å². The SMILES string of the molecule is CC(C)(C)[C@@H](CO)N(O)C(=O)C[C@H](C(N)=O)N1C=CN(c2ccc(-c3ccccc3)cc2)C1. The highest BCUT2D eigenvalue weighted by Crippen LogP contribution is 2.27. The predicted molar refractivity (Wildman–Crippen MR) is 127 cm³/mol. The number of primary amides is 1. The first-order valence-corrected chi connectivity index (χ1v) is 10.9. The van der Waals surface area contributed by atoms with Crippen LogP contribution >= 0.6 is 0 Å². The Kier molecular flexibility index (Phi) is 7.40. The van der Waals surface area contributed by atoms with Gasteiger partial charge in [-0.1, -0.05) is 63.2 Å². The van der Waals surface area contributed by atoms with E-state index in [9.17, 15) is 19.9 Å². The molecular formula is C25H32N4O4. The minimum absolute atomic E-state index is 0.302. The summed E-state index contributed by atoms with van der Waals surface area (Å²) in [6.07, 6.45) is 3.23. The molecule has 2 aromatic rings. The van der Waals surface area contributed by atoms with Gasteiger partial charge in [0.15, 0.2) is 0 Å². The summed E-state index contributed by atoms with van der Waals surface area (Å²) in [4.78, 5) is 28.4. The van der Waals surface area contributed by atoms with Crippen molar-refractivity contribution < 1.29 is 19.9 Å². The Morgan fingerprint density at radius 2 is 1.64 bits per heavy atom. The highest BCUT2D eigenvalue weighted by atomic mass is 16.5. The molecule has 0 aliphatic carbocycles. The second-order valence-corrected chi connectivity index (χ2v) is 9.26. The lowest BCUT2D eigenvalue weighted by molar-refractivity contribution is -0.191. The summed E-state index contributed by atoms with van der Waals surface area (Å²) in [5, 5.41) is 20.5. The van der Waals surface area contributed by atoms with Gasteiger partial charge in [0.2, 0.25) is 11.8 Å². The van der Waals surface area contributed by atoms with E-state index in [-0.39, 0.29) is 6.42 Å². The topological polar surface area (TPSA) is 110 Å². The van der Waals surface area contributed by atoms with Crippen LogP contribution in [0.15, 0.2) is 67.0 Å². The molecule has 0 saturated heterocycles. The zero-order valence-electron chi connectivity index (χ0n) is 19.3. The van der Waals surface area contributed by atoms with Crippen molar-refractivity contribution in [2.75, 3.05) is 18.2 Å². The van der Waals surface area contributed by atoms with Gasteiger partial charge in [-0.2, -0.15) is 0 Å². The number of nitrogens with zero attached hydrogens (tertiary/aromatic N) is 3. The van der Waals surface area contributed by atoms with Crippen molar-refractivity contribution in [2.45, 2.75) is 39.3 Å². The molecule has 8 heteroatoms. The molecule has 176 valence electrons. The summed E-state index contributed by atoms with van der Waals surface area (Å²) in [6, 6.07) is 16.4. The molecule has 1 heterocycles. The lowest BCUT2D eigenvalue weighted by Gasteiger charge is -2.36. The third-order valence-corrected chi connectivity index (χ3v) is 5.88. The van der Waals surface area contributed by atoms with E-state index in [4.69, 9.17) is 5.73 Å². The average Bonchev–Trinajstić information content (AvgIpc) is 3.27. The van der Waals surface area contributed by atoms with E-state index < -0.39 is 35.9 Å². The molecule has 2 aromatic carbocycles. The third kappa shape index (κ3) is 5.71. The molecule has 0 fully saturated rings. The normalized spacial score (nSPS) is 15.4. The molecule has 0 unspecified atom stereocenters. The van der Waals surface area contributed by atoms with Gasteiger partial charge in [0, 0.05) is 18.1 Å². The van der Waals surface area contributed by atoms with Gasteiger partial charge in [-0.05, 0) is 28.7 Å². The van der Waals surface area contributed by atoms with Gasteiger partial charge in [-0.3, -0.25) is 14.8 Å². The number of hydrogen-bond acceptors (Lipinski definition) is 6. The van der Waals surface area contributed by atoms with E-state index in [0.717, 1.165) is 16.8 Å². The van der Waals surface area contributed by atoms with Crippen molar-refractivity contribution in [2.24, 2.45) is 11.1 Å². The van der Waals surface area contributed by atoms with Gasteiger partial charge >= 0.3 is 0 Å². The van der Waals surface area contributed by atoms with Crippen molar-refractivity contribution in [1.29, 1.82) is 0 Å². The van der Waals surface area contributed by atoms with Gasteiger partial charge in [-0.15, -0.1) is 0 Å². The van der Waals surface area contributed by atoms with Crippen molar-refractivity contribution in [1.82, 2.24) is 9.96 Å². The average molecular weight is 453 g/mol. The van der Waals surface area contributed by atoms with Crippen LogP contribution in [0.4, 0.5) is 5.69 Å². The number of hydrogen-bond donors (Lipinski definition) is 3. The summed E-state index contributed by atoms with van der Waals surface area (Å²) < 4.78 is 0. The second-order valence-electron chi connectivity index (χ2n) is 9.26. The molecule has 2 atom stereocenters. The molecule has 0 radical (unpaired) electrons. The minimum Gasteiger partial charge on any atom is -0.394 e. The Labute approximate surface area is 194 Å². The molecule has 1 aliphatic heterocycles. The fourth-order valence-electron chi connectivity index (χ4n) is 3.81. The van der Waals surface area contributed by atoms with E-state index in [0.29, 0.717) is 11.7 Å². The van der Waals surface area contributed by atoms with Gasteiger partial charge in [0.1, 0.15) is 6.04 Å². The van der Waals surface area contributed by atoms with Gasteiger partial charge in [0.05, 0.1) is 25.7 Å². The lowest BCUT2D eigenvalue weighted by atomic mass is 9.87. The monoisotopic (exact) mass is 452 g/mol. The van der Waals surface area contributed by atoms with Crippen LogP contribution in [0.3, 0.4) is 0 Å². The molecule has 0 spiro atoms. The Morgan fingerprint density at radius 1 is 1.03 bits per heavy atom. The molecule has 0 bridgehead atoms. The Balaban J connectivity index is 1.67. The maximum Gasteiger partial charge on any atom is 0.248 e. The number of carbonyl (C=O) groups is 2. The van der Waals surface area contributed by atoms with E-state index in [1.165, 1.54) is 0 Å². The minimum atomic E-state index is -0.934. The fraction of sp³-hybridized carbons (Fsp3) is 0.360. The predicted octanol–water partition coefficient (Wildman–Crippen LogP) is 2.77. The van der Waals surface area contributed by atoms with Crippen molar-refractivity contribution in [3.05, 3.63) is 67.0 Å². The third-order valence-electron chi connectivity index (χ3n) is 5.88. The highest BCUT2D eigenvalue weighted by Gasteiger charge is 2.36. The Morgan fingerprint density at radius 3 is 2.18 bits per heavy atom. The number of aliphatic hydroxyl groups is 1. The summed E-state index contributed by atoms with van der Waals surface area (Å²) in [7, 11) is 0. The maximum absolute atomic E-state index is 12.7. The molecule has 8 nitrogen and oxygen atoms in total. The molecule has 3 rings (SSSR count). The summed E-state index contributed by atoms with van der Waals surface area (Å²) >= 11 is 0. The quantitative estimate of drug-likeness (QED) is 0.420. The van der Waals surface area contributed by atoms with E-state index >= 15 is 0 Å². The number of carbonyl (C=O) groups excluding carboxylic acids is 2. The molecule has 0 aromatic heterocycles. The molecular weight excluding hydrogens is 420 g/mol. The van der Waals surface area contributed by atoms with Crippen molar-refractivity contribution in [3.63, 3.8) is 0 Å². The zero-order valence-corrected chi connectivity index (χ0v) is 19.3. The summed E-state index contributed by atoms with van der Waals surface area (Å²) in [5.41, 5.74) is 8.20. The number of benzene rings is 2. The second kappa shape index (κ2) is 10.1. The highest BCUT2D eigenvalue weighted by molar-refractivity contribution is 5.87. The molecule has 1 aliphatic rings. The van der Waals surface area contributed by atoms with Crippen LogP contribution in [0, 0.1) is 5.41 Å². The smallest absolute Gasteiger partial charge is 0.248 e. The number of amides is 2. The molecule has 2 amide bonds. The van der Waals surface area contributed by atoms with Crippen LogP contribution in [0.25, 0.3) is 11.1 Å². The summed E-state index contributed by atoms with van der Waals surface area (Å²) in [6.45, 7) is 5.35. The van der Waals surface area contributed by atoms with E-state index in [1.807, 2.05) is 65.7 Å².